The molecule has 6 rings (SSSR count). The summed E-state index contributed by atoms with van der Waals surface area (Å²) < 4.78 is 18.9. The normalized spacial score (nSPS) is 19.6. The van der Waals surface area contributed by atoms with Crippen molar-refractivity contribution in [1.82, 2.24) is 19.8 Å². The molecule has 3 aliphatic heterocycles. The van der Waals surface area contributed by atoms with E-state index in [1.807, 2.05) is 0 Å². The second kappa shape index (κ2) is 12.1. The number of carbonyl (C=O) groups excluding carboxylic acids is 1. The molecule has 0 radical (unpaired) electrons. The van der Waals surface area contributed by atoms with Crippen LogP contribution in [-0.4, -0.2) is 89.8 Å². The van der Waals surface area contributed by atoms with Crippen LogP contribution in [0.1, 0.15) is 44.0 Å². The average Bonchev–Trinajstić information content (AvgIpc) is 2.98. The Hall–Kier alpha value is -3.72. The van der Waals surface area contributed by atoms with Crippen molar-refractivity contribution in [3.63, 3.8) is 0 Å². The average molecular weight is 587 g/mol. The van der Waals surface area contributed by atoms with E-state index in [-0.39, 0.29) is 11.4 Å². The molecule has 2 saturated heterocycles. The van der Waals surface area contributed by atoms with Gasteiger partial charge in [-0.2, -0.15) is 9.97 Å². The van der Waals surface area contributed by atoms with Gasteiger partial charge in [0.2, 0.25) is 5.91 Å². The third-order valence-corrected chi connectivity index (χ3v) is 9.11. The first kappa shape index (κ1) is 29.4. The molecule has 9 heteroatoms. The van der Waals surface area contributed by atoms with Crippen LogP contribution in [0.4, 0.5) is 15.9 Å². The fourth-order valence-electron chi connectivity index (χ4n) is 6.75. The van der Waals surface area contributed by atoms with Crippen LogP contribution >= 0.6 is 0 Å². The zero-order valence-corrected chi connectivity index (χ0v) is 25.9. The van der Waals surface area contributed by atoms with Gasteiger partial charge in [0.25, 0.3) is 0 Å². The number of ether oxygens (including phenoxy) is 1. The molecule has 2 aromatic carbocycles. The van der Waals surface area contributed by atoms with E-state index in [1.165, 1.54) is 34.2 Å². The zero-order chi connectivity index (χ0) is 30.1. The summed E-state index contributed by atoms with van der Waals surface area (Å²) in [6.45, 7) is 13.9. The molecule has 1 atom stereocenters. The van der Waals surface area contributed by atoms with Gasteiger partial charge < -0.3 is 19.4 Å². The lowest BCUT2D eigenvalue weighted by molar-refractivity contribution is -0.126. The van der Waals surface area contributed by atoms with Crippen molar-refractivity contribution in [2.45, 2.75) is 58.7 Å². The molecule has 1 amide bonds. The maximum absolute atomic E-state index is 12.6. The minimum Gasteiger partial charge on any atom is -0.462 e. The fraction of sp³-hybridized carbons (Fsp3) is 0.500. The third kappa shape index (κ3) is 6.05. The van der Waals surface area contributed by atoms with Gasteiger partial charge in [-0.1, -0.05) is 30.3 Å². The molecule has 1 aromatic heterocycles. The van der Waals surface area contributed by atoms with Crippen molar-refractivity contribution in [1.29, 1.82) is 0 Å². The number of anilines is 2. The van der Waals surface area contributed by atoms with Crippen molar-refractivity contribution in [3.8, 4) is 6.01 Å². The summed E-state index contributed by atoms with van der Waals surface area (Å²) in [6, 6.07) is 13.8. The predicted octanol–water partition coefficient (Wildman–Crippen LogP) is 4.93. The molecular formula is C34H43FN6O2. The Morgan fingerprint density at radius 1 is 1.02 bits per heavy atom. The summed E-state index contributed by atoms with van der Waals surface area (Å²) in [5.74, 6) is 0.775. The third-order valence-electron chi connectivity index (χ3n) is 9.11. The van der Waals surface area contributed by atoms with E-state index < -0.39 is 6.67 Å². The maximum Gasteiger partial charge on any atom is 0.318 e. The molecule has 0 aliphatic carbocycles. The second-order valence-corrected chi connectivity index (χ2v) is 12.9. The number of halogens is 1. The van der Waals surface area contributed by atoms with Crippen molar-refractivity contribution in [2.75, 3.05) is 62.3 Å². The van der Waals surface area contributed by atoms with E-state index in [0.717, 1.165) is 43.0 Å². The number of hydrogen-bond acceptors (Lipinski definition) is 7. The molecule has 1 unspecified atom stereocenters. The van der Waals surface area contributed by atoms with Gasteiger partial charge in [-0.25, -0.2) is 4.39 Å². The van der Waals surface area contributed by atoms with E-state index in [0.29, 0.717) is 51.4 Å². The first-order valence-electron chi connectivity index (χ1n) is 15.5. The summed E-state index contributed by atoms with van der Waals surface area (Å²) >= 11 is 0. The van der Waals surface area contributed by atoms with Crippen LogP contribution in [0.2, 0.25) is 0 Å². The number of likely N-dealkylation sites (tertiary alicyclic amines) is 1. The van der Waals surface area contributed by atoms with Gasteiger partial charge in [-0.05, 0) is 63.6 Å². The van der Waals surface area contributed by atoms with Crippen molar-refractivity contribution >= 4 is 28.2 Å². The number of nitrogens with zero attached hydrogens (tertiary/aromatic N) is 6. The number of carbonyl (C=O) groups is 1. The number of fused-ring (bicyclic) bond motifs is 2. The Balaban J connectivity index is 1.28. The molecular weight excluding hydrogens is 543 g/mol. The quantitative estimate of drug-likeness (QED) is 0.364. The van der Waals surface area contributed by atoms with Gasteiger partial charge >= 0.3 is 6.01 Å². The zero-order valence-electron chi connectivity index (χ0n) is 25.9. The predicted molar refractivity (Wildman–Crippen MR) is 170 cm³/mol. The number of aryl methyl sites for hydroxylation is 1. The minimum absolute atomic E-state index is 0.0989. The Morgan fingerprint density at radius 3 is 2.49 bits per heavy atom. The standard InChI is InChI=1S/C34H43FN6O2/c1-24-8-5-9-25-10-6-11-29(31(24)25)40-16-14-27-28(22-40)36-33(43-23-26-13-17-41(26)34(2,3)4)37-32(27)39-20-18-38(19-21-39)30(42)12-7-15-35/h5-12,26H,13-23H2,1-4H3/b12-7+. The molecule has 0 N–H and O–H groups in total. The number of allylic oxidation sites excluding steroid dienone is 1. The smallest absolute Gasteiger partial charge is 0.318 e. The molecule has 228 valence electrons. The monoisotopic (exact) mass is 586 g/mol. The van der Waals surface area contributed by atoms with Crippen LogP contribution in [-0.2, 0) is 17.8 Å². The molecule has 3 aliphatic rings. The summed E-state index contributed by atoms with van der Waals surface area (Å²) in [6.07, 6.45) is 4.53. The number of aromatic nitrogens is 2. The molecule has 43 heavy (non-hydrogen) atoms. The first-order chi connectivity index (χ1) is 20.7. The van der Waals surface area contributed by atoms with Crippen molar-refractivity contribution in [3.05, 3.63) is 65.4 Å². The second-order valence-electron chi connectivity index (χ2n) is 12.9. The lowest BCUT2D eigenvalue weighted by atomic mass is 9.94. The Labute approximate surface area is 254 Å². The molecule has 2 fully saturated rings. The number of rotatable bonds is 7. The highest BCUT2D eigenvalue weighted by atomic mass is 19.1. The van der Waals surface area contributed by atoms with Gasteiger partial charge in [-0.15, -0.1) is 0 Å². The number of piperazine rings is 1. The Morgan fingerprint density at radius 2 is 1.79 bits per heavy atom. The van der Waals surface area contributed by atoms with E-state index in [1.54, 1.807) is 4.90 Å². The number of amides is 1. The molecule has 0 spiro atoms. The van der Waals surface area contributed by atoms with E-state index in [9.17, 15) is 9.18 Å². The van der Waals surface area contributed by atoms with Gasteiger partial charge in [0.15, 0.2) is 0 Å². The number of benzene rings is 2. The summed E-state index contributed by atoms with van der Waals surface area (Å²) in [7, 11) is 0. The fourth-order valence-corrected chi connectivity index (χ4v) is 6.75. The molecule has 4 heterocycles. The summed E-state index contributed by atoms with van der Waals surface area (Å²) in [4.78, 5) is 31.4. The molecule has 3 aromatic rings. The van der Waals surface area contributed by atoms with Crippen molar-refractivity contribution < 1.29 is 13.9 Å². The SMILES string of the molecule is Cc1cccc2cccc(N3CCc4c(nc(OCC5CCN5C(C)(C)C)nc4N4CCN(C(=O)/C=C/CF)CC4)C3)c12. The molecule has 0 saturated carbocycles. The largest absolute Gasteiger partial charge is 0.462 e. The van der Waals surface area contributed by atoms with Crippen LogP contribution in [0.3, 0.4) is 0 Å². The highest BCUT2D eigenvalue weighted by molar-refractivity contribution is 5.97. The molecule has 0 bridgehead atoms. The van der Waals surface area contributed by atoms with E-state index >= 15 is 0 Å². The summed E-state index contributed by atoms with van der Waals surface area (Å²) in [5.41, 5.74) is 4.76. The maximum atomic E-state index is 12.6. The Bertz CT molecular complexity index is 1510. The number of hydrogen-bond donors (Lipinski definition) is 0. The minimum atomic E-state index is -0.634. The van der Waals surface area contributed by atoms with Gasteiger partial charge in [0, 0.05) is 73.6 Å². The van der Waals surface area contributed by atoms with Crippen LogP contribution in [0.25, 0.3) is 10.8 Å². The highest BCUT2D eigenvalue weighted by Crippen LogP contribution is 2.36. The molecule has 8 nitrogen and oxygen atoms in total. The van der Waals surface area contributed by atoms with Crippen molar-refractivity contribution in [2.24, 2.45) is 0 Å². The topological polar surface area (TPSA) is 65.0 Å². The highest BCUT2D eigenvalue weighted by Gasteiger charge is 2.37. The van der Waals surface area contributed by atoms with Gasteiger partial charge in [0.1, 0.15) is 19.1 Å². The van der Waals surface area contributed by atoms with Gasteiger partial charge in [-0.3, -0.25) is 9.69 Å². The number of alkyl halides is 1. The van der Waals surface area contributed by atoms with Crippen LogP contribution in [0, 0.1) is 6.92 Å². The lowest BCUT2D eigenvalue weighted by Crippen LogP contribution is -2.59. The van der Waals surface area contributed by atoms with Crippen LogP contribution in [0.5, 0.6) is 6.01 Å². The Kier molecular flexibility index (Phi) is 8.27. The van der Waals surface area contributed by atoms with E-state index in [2.05, 4.69) is 78.8 Å². The van der Waals surface area contributed by atoms with Crippen LogP contribution in [0.15, 0.2) is 48.6 Å². The first-order valence-corrected chi connectivity index (χ1v) is 15.5. The van der Waals surface area contributed by atoms with Crippen LogP contribution < -0.4 is 14.5 Å². The van der Waals surface area contributed by atoms with E-state index in [4.69, 9.17) is 14.7 Å². The van der Waals surface area contributed by atoms with Gasteiger partial charge in [0.05, 0.1) is 12.2 Å². The lowest BCUT2D eigenvalue weighted by Gasteiger charge is -2.49. The summed E-state index contributed by atoms with van der Waals surface area (Å²) in [5, 5.41) is 2.53.